The van der Waals surface area contributed by atoms with Crippen LogP contribution in [0.25, 0.3) is 0 Å². The minimum atomic E-state index is 0.394. The fourth-order valence-corrected chi connectivity index (χ4v) is 3.89. The summed E-state index contributed by atoms with van der Waals surface area (Å²) in [6, 6.07) is 9.61. The van der Waals surface area contributed by atoms with Gasteiger partial charge in [-0.15, -0.1) is 0 Å². The third-order valence-electron chi connectivity index (χ3n) is 2.68. The first-order chi connectivity index (χ1) is 9.51. The van der Waals surface area contributed by atoms with E-state index in [4.69, 9.17) is 22.1 Å². The van der Waals surface area contributed by atoms with Crippen LogP contribution in [0.2, 0.25) is 5.02 Å². The molecule has 20 heavy (non-hydrogen) atoms. The lowest BCUT2D eigenvalue weighted by Gasteiger charge is -2.13. The van der Waals surface area contributed by atoms with Crippen LogP contribution in [0, 0.1) is 0 Å². The summed E-state index contributed by atoms with van der Waals surface area (Å²) in [7, 11) is 0. The first kappa shape index (κ1) is 16.3. The van der Waals surface area contributed by atoms with E-state index in [2.05, 4.69) is 47.8 Å². The number of ether oxygens (including phenoxy) is 1. The van der Waals surface area contributed by atoms with Crippen LogP contribution in [-0.4, -0.2) is 0 Å². The van der Waals surface area contributed by atoms with Gasteiger partial charge in [0.25, 0.3) is 0 Å². The van der Waals surface area contributed by atoms with Gasteiger partial charge in [-0.1, -0.05) is 33.6 Å². The van der Waals surface area contributed by atoms with Gasteiger partial charge in [0.05, 0.1) is 8.95 Å². The Bertz CT molecular complexity index is 611. The van der Waals surface area contributed by atoms with Gasteiger partial charge in [-0.25, -0.2) is 0 Å². The third kappa shape index (κ3) is 3.98. The van der Waals surface area contributed by atoms with Gasteiger partial charge in [0.1, 0.15) is 12.4 Å². The predicted molar refractivity (Wildman–Crippen MR) is 93.2 cm³/mol. The lowest BCUT2D eigenvalue weighted by molar-refractivity contribution is 0.302. The Morgan fingerprint density at radius 2 is 1.70 bits per heavy atom. The smallest absolute Gasteiger partial charge is 0.148 e. The van der Waals surface area contributed by atoms with E-state index in [0.717, 1.165) is 30.3 Å². The molecule has 0 aliphatic carbocycles. The molecule has 0 unspecified atom stereocenters. The SMILES string of the molecule is NCc1cc(Br)c(OCc2ccc(Br)cc2Cl)c(Br)c1. The predicted octanol–water partition coefficient (Wildman–Crippen LogP) is 5.67. The highest BCUT2D eigenvalue weighted by atomic mass is 79.9. The van der Waals surface area contributed by atoms with Gasteiger partial charge < -0.3 is 10.5 Å². The quantitative estimate of drug-likeness (QED) is 0.608. The number of hydrogen-bond acceptors (Lipinski definition) is 2. The summed E-state index contributed by atoms with van der Waals surface area (Å²) < 4.78 is 8.51. The molecule has 2 aromatic rings. The van der Waals surface area contributed by atoms with Crippen LogP contribution in [0.3, 0.4) is 0 Å². The summed E-state index contributed by atoms with van der Waals surface area (Å²) in [4.78, 5) is 0. The van der Waals surface area contributed by atoms with Gasteiger partial charge in [-0.05, 0) is 61.7 Å². The summed E-state index contributed by atoms with van der Waals surface area (Å²) in [6.45, 7) is 0.876. The van der Waals surface area contributed by atoms with E-state index in [1.54, 1.807) is 0 Å². The number of nitrogens with two attached hydrogens (primary N) is 1. The number of hydrogen-bond donors (Lipinski definition) is 1. The average molecular weight is 484 g/mol. The van der Waals surface area contributed by atoms with E-state index in [9.17, 15) is 0 Å². The van der Waals surface area contributed by atoms with Crippen molar-refractivity contribution < 1.29 is 4.74 Å². The second-order valence-electron chi connectivity index (χ2n) is 4.12. The maximum absolute atomic E-state index is 6.17. The molecule has 0 radical (unpaired) electrons. The lowest BCUT2D eigenvalue weighted by atomic mass is 10.2. The highest BCUT2D eigenvalue weighted by Crippen LogP contribution is 2.35. The number of benzene rings is 2. The molecular weight excluding hydrogens is 473 g/mol. The van der Waals surface area contributed by atoms with Crippen LogP contribution in [0.1, 0.15) is 11.1 Å². The fraction of sp³-hybridized carbons (Fsp3) is 0.143. The van der Waals surface area contributed by atoms with Crippen LogP contribution < -0.4 is 10.5 Å². The van der Waals surface area contributed by atoms with Gasteiger partial charge in [0.15, 0.2) is 0 Å². The van der Waals surface area contributed by atoms with Crippen LogP contribution in [-0.2, 0) is 13.2 Å². The normalized spacial score (nSPS) is 10.7. The van der Waals surface area contributed by atoms with Crippen molar-refractivity contribution in [3.63, 3.8) is 0 Å². The topological polar surface area (TPSA) is 35.2 Å². The molecule has 2 N–H and O–H groups in total. The molecule has 0 heterocycles. The van der Waals surface area contributed by atoms with E-state index in [-0.39, 0.29) is 0 Å². The zero-order chi connectivity index (χ0) is 14.7. The molecule has 2 nitrogen and oxygen atoms in total. The van der Waals surface area contributed by atoms with E-state index in [1.807, 2.05) is 30.3 Å². The first-order valence-electron chi connectivity index (χ1n) is 5.76. The standard InChI is InChI=1S/C14H11Br3ClNO/c15-10-2-1-9(13(18)5-10)7-20-14-11(16)3-8(6-19)4-12(14)17/h1-5H,6-7,19H2. The first-order valence-corrected chi connectivity index (χ1v) is 8.51. The highest BCUT2D eigenvalue weighted by Gasteiger charge is 2.10. The fourth-order valence-electron chi connectivity index (χ4n) is 1.66. The molecule has 2 aromatic carbocycles. The second-order valence-corrected chi connectivity index (χ2v) is 7.15. The molecule has 0 saturated carbocycles. The van der Waals surface area contributed by atoms with Crippen molar-refractivity contribution in [3.05, 3.63) is 59.9 Å². The minimum Gasteiger partial charge on any atom is -0.486 e. The molecule has 0 atom stereocenters. The van der Waals surface area contributed by atoms with E-state index in [1.165, 1.54) is 0 Å². The molecule has 0 aromatic heterocycles. The van der Waals surface area contributed by atoms with Crippen molar-refractivity contribution >= 4 is 59.4 Å². The Labute approximate surface area is 148 Å². The number of rotatable bonds is 4. The van der Waals surface area contributed by atoms with Crippen molar-refractivity contribution in [1.82, 2.24) is 0 Å². The second kappa shape index (κ2) is 7.27. The van der Waals surface area contributed by atoms with Gasteiger partial charge in [0.2, 0.25) is 0 Å². The zero-order valence-electron chi connectivity index (χ0n) is 10.3. The summed E-state index contributed by atoms with van der Waals surface area (Å²) >= 11 is 16.5. The Morgan fingerprint density at radius 3 is 2.25 bits per heavy atom. The van der Waals surface area contributed by atoms with Gasteiger partial charge >= 0.3 is 0 Å². The Balaban J connectivity index is 2.19. The molecule has 0 aliphatic rings. The van der Waals surface area contributed by atoms with E-state index >= 15 is 0 Å². The molecule has 6 heteroatoms. The van der Waals surface area contributed by atoms with E-state index < -0.39 is 0 Å². The monoisotopic (exact) mass is 481 g/mol. The van der Waals surface area contributed by atoms with Gasteiger partial charge in [-0.2, -0.15) is 0 Å². The maximum atomic E-state index is 6.17. The van der Waals surface area contributed by atoms with Crippen molar-refractivity contribution in [3.8, 4) is 5.75 Å². The van der Waals surface area contributed by atoms with Crippen LogP contribution in [0.15, 0.2) is 43.7 Å². The molecule has 2 rings (SSSR count). The number of halogens is 4. The van der Waals surface area contributed by atoms with Crippen molar-refractivity contribution in [2.75, 3.05) is 0 Å². The van der Waals surface area contributed by atoms with Crippen molar-refractivity contribution in [2.45, 2.75) is 13.2 Å². The Morgan fingerprint density at radius 1 is 1.05 bits per heavy atom. The van der Waals surface area contributed by atoms with Crippen LogP contribution in [0.4, 0.5) is 0 Å². The molecule has 106 valence electrons. The Kier molecular flexibility index (Phi) is 5.93. The van der Waals surface area contributed by atoms with Gasteiger partial charge in [-0.3, -0.25) is 0 Å². The summed E-state index contributed by atoms with van der Waals surface area (Å²) in [5, 5.41) is 0.671. The molecule has 0 aliphatic heterocycles. The van der Waals surface area contributed by atoms with E-state index in [0.29, 0.717) is 18.2 Å². The summed E-state index contributed by atoms with van der Waals surface area (Å²) in [5.74, 6) is 0.737. The maximum Gasteiger partial charge on any atom is 0.148 e. The van der Waals surface area contributed by atoms with Crippen LogP contribution >= 0.6 is 59.4 Å². The highest BCUT2D eigenvalue weighted by molar-refractivity contribution is 9.11. The Hall–Kier alpha value is -0.0700. The molecule has 0 saturated heterocycles. The average Bonchev–Trinajstić information content (AvgIpc) is 2.39. The van der Waals surface area contributed by atoms with Crippen LogP contribution in [0.5, 0.6) is 5.75 Å². The van der Waals surface area contributed by atoms with Crippen molar-refractivity contribution in [1.29, 1.82) is 0 Å². The molecular formula is C14H11Br3ClNO. The molecule has 0 amide bonds. The molecule has 0 bridgehead atoms. The third-order valence-corrected chi connectivity index (χ3v) is 4.70. The largest absolute Gasteiger partial charge is 0.486 e. The van der Waals surface area contributed by atoms with Crippen molar-refractivity contribution in [2.24, 2.45) is 5.73 Å². The summed E-state index contributed by atoms with van der Waals surface area (Å²) in [5.41, 5.74) is 7.59. The lowest BCUT2D eigenvalue weighted by Crippen LogP contribution is -2.00. The van der Waals surface area contributed by atoms with Gasteiger partial charge in [0, 0.05) is 21.6 Å². The zero-order valence-corrected chi connectivity index (χ0v) is 15.8. The summed E-state index contributed by atoms with van der Waals surface area (Å²) in [6.07, 6.45) is 0. The molecule has 0 fully saturated rings. The minimum absolute atomic E-state index is 0.394. The molecule has 0 spiro atoms.